The fourth-order valence-corrected chi connectivity index (χ4v) is 6.56. The van der Waals surface area contributed by atoms with Gasteiger partial charge in [-0.2, -0.15) is 0 Å². The molecule has 0 saturated heterocycles. The van der Waals surface area contributed by atoms with Crippen molar-refractivity contribution < 1.29 is 37.4 Å². The molecule has 0 heterocycles. The summed E-state index contributed by atoms with van der Waals surface area (Å²) in [5.41, 5.74) is 11.3. The van der Waals surface area contributed by atoms with Crippen LogP contribution in [-0.4, -0.2) is 101 Å². The minimum Gasteiger partial charge on any atom is -0.413 e. The summed E-state index contributed by atoms with van der Waals surface area (Å²) < 4.78 is 34.5. The van der Waals surface area contributed by atoms with Gasteiger partial charge in [-0.25, -0.2) is 0 Å². The highest BCUT2D eigenvalue weighted by atomic mass is 28.4. The van der Waals surface area contributed by atoms with Crippen LogP contribution in [0.15, 0.2) is 42.5 Å². The maximum absolute atomic E-state index is 12.4. The van der Waals surface area contributed by atoms with E-state index in [0.29, 0.717) is 65.9 Å². The molecule has 0 bridgehead atoms. The summed E-state index contributed by atoms with van der Waals surface area (Å²) >= 11 is 0. The van der Waals surface area contributed by atoms with Gasteiger partial charge in [0.25, 0.3) is 0 Å². The van der Waals surface area contributed by atoms with E-state index in [1.807, 2.05) is 0 Å². The zero-order valence-electron chi connectivity index (χ0n) is 35.0. The number of carbonyl (C=O) groups excluding carboxylic acids is 2. The van der Waals surface area contributed by atoms with Gasteiger partial charge in [0, 0.05) is 19.6 Å². The number of rotatable bonds is 26. The van der Waals surface area contributed by atoms with Crippen LogP contribution in [0, 0.1) is 0 Å². The average Bonchev–Trinajstić information content (AvgIpc) is 3.10. The van der Waals surface area contributed by atoms with Crippen LogP contribution in [0.4, 0.5) is 0 Å². The molecule has 54 heavy (non-hydrogen) atoms. The molecule has 0 saturated carbocycles. The van der Waals surface area contributed by atoms with Crippen molar-refractivity contribution in [3.8, 4) is 11.1 Å². The number of amides is 2. The molecule has 4 N–H and O–H groups in total. The molecule has 0 aliphatic rings. The van der Waals surface area contributed by atoms with E-state index >= 15 is 0 Å². The Labute approximate surface area is 328 Å². The van der Waals surface area contributed by atoms with E-state index < -0.39 is 16.6 Å². The lowest BCUT2D eigenvalue weighted by atomic mass is 9.96. The van der Waals surface area contributed by atoms with Crippen LogP contribution in [0.2, 0.25) is 36.3 Å². The zero-order valence-corrected chi connectivity index (χ0v) is 37.0. The summed E-state index contributed by atoms with van der Waals surface area (Å²) in [5.74, 6) is -0.384. The number of aryl methyl sites for hydroxylation is 1. The smallest absolute Gasteiger partial charge is 0.246 e. The molecule has 0 fully saturated rings. The van der Waals surface area contributed by atoms with Crippen molar-refractivity contribution in [3.63, 3.8) is 0 Å². The number of ether oxygens (including phenoxy) is 4. The van der Waals surface area contributed by atoms with Crippen molar-refractivity contribution in [2.45, 2.75) is 104 Å². The predicted octanol–water partition coefficient (Wildman–Crippen LogP) is 6.59. The fourth-order valence-electron chi connectivity index (χ4n) is 4.65. The highest BCUT2D eigenvalue weighted by Crippen LogP contribution is 2.38. The molecule has 0 unspecified atom stereocenters. The Balaban J connectivity index is 1.83. The normalized spacial score (nSPS) is 12.6. The Morgan fingerprint density at radius 1 is 0.611 bits per heavy atom. The van der Waals surface area contributed by atoms with Crippen LogP contribution in [0.5, 0.6) is 0 Å². The van der Waals surface area contributed by atoms with E-state index in [1.54, 1.807) is 0 Å². The summed E-state index contributed by atoms with van der Waals surface area (Å²) in [5, 5.41) is 5.99. The van der Waals surface area contributed by atoms with Crippen molar-refractivity contribution >= 4 is 28.4 Å². The molecule has 0 radical (unpaired) electrons. The van der Waals surface area contributed by atoms with Gasteiger partial charge >= 0.3 is 0 Å². The Morgan fingerprint density at radius 2 is 1.11 bits per heavy atom. The first-order valence-corrected chi connectivity index (χ1v) is 25.2. The molecule has 0 aliphatic heterocycles. The molecular formula is C41H71N3O8Si2. The highest BCUT2D eigenvalue weighted by molar-refractivity contribution is 6.74. The molecule has 2 amide bonds. The molecule has 2 aromatic rings. The van der Waals surface area contributed by atoms with Crippen molar-refractivity contribution in [3.05, 3.63) is 59.2 Å². The predicted molar refractivity (Wildman–Crippen MR) is 223 cm³/mol. The second-order valence-electron chi connectivity index (χ2n) is 16.7. The Bertz CT molecular complexity index is 1390. The average molecular weight is 790 g/mol. The summed E-state index contributed by atoms with van der Waals surface area (Å²) in [6, 6.07) is 15.4. The monoisotopic (exact) mass is 789 g/mol. The first-order chi connectivity index (χ1) is 25.4. The molecule has 11 nitrogen and oxygen atoms in total. The minimum absolute atomic E-state index is 0.0354. The van der Waals surface area contributed by atoms with Gasteiger partial charge in [-0.15, -0.1) is 0 Å². The van der Waals surface area contributed by atoms with Crippen LogP contribution in [-0.2, 0) is 57.0 Å². The van der Waals surface area contributed by atoms with E-state index in [4.69, 9.17) is 33.5 Å². The Kier molecular flexibility index (Phi) is 20.8. The molecule has 0 atom stereocenters. The van der Waals surface area contributed by atoms with Crippen molar-refractivity contribution in [2.75, 3.05) is 72.5 Å². The van der Waals surface area contributed by atoms with E-state index in [1.165, 1.54) is 16.7 Å². The molecule has 0 spiro atoms. The highest BCUT2D eigenvalue weighted by Gasteiger charge is 2.38. The van der Waals surface area contributed by atoms with Crippen molar-refractivity contribution in [1.29, 1.82) is 0 Å². The van der Waals surface area contributed by atoms with Gasteiger partial charge in [0.2, 0.25) is 11.8 Å². The topological polar surface area (TPSA) is 140 Å². The summed E-state index contributed by atoms with van der Waals surface area (Å²) in [7, 11) is -3.76. The molecule has 0 aliphatic carbocycles. The lowest BCUT2D eigenvalue weighted by molar-refractivity contribution is -0.127. The zero-order chi connectivity index (χ0) is 40.3. The first kappa shape index (κ1) is 47.7. The van der Waals surface area contributed by atoms with E-state index in [2.05, 4.69) is 121 Å². The Morgan fingerprint density at radius 3 is 1.67 bits per heavy atom. The SMILES string of the molecule is CC(C)(C)[Si](C)(C)OCc1ccc(-c2ccc(CO[Si](C)(C)C(C)(C)C)c(CCCNC(=O)COCCOCCNC(=O)COCCOCCN)c2)cc1. The van der Waals surface area contributed by atoms with Crippen LogP contribution in [0.25, 0.3) is 11.1 Å². The van der Waals surface area contributed by atoms with Crippen LogP contribution in [0.1, 0.15) is 64.7 Å². The largest absolute Gasteiger partial charge is 0.413 e. The second-order valence-corrected chi connectivity index (χ2v) is 26.3. The van der Waals surface area contributed by atoms with E-state index in [-0.39, 0.29) is 41.7 Å². The van der Waals surface area contributed by atoms with Crippen molar-refractivity contribution in [2.24, 2.45) is 5.73 Å². The van der Waals surface area contributed by atoms with Gasteiger partial charge in [0.1, 0.15) is 13.2 Å². The van der Waals surface area contributed by atoms with Crippen LogP contribution < -0.4 is 16.4 Å². The Hall–Kier alpha value is -2.47. The number of nitrogens with two attached hydrogens (primary N) is 1. The second kappa shape index (κ2) is 23.6. The number of hydrogen-bond acceptors (Lipinski definition) is 9. The molecular weight excluding hydrogens is 719 g/mol. The van der Waals surface area contributed by atoms with Gasteiger partial charge in [-0.1, -0.05) is 84.0 Å². The van der Waals surface area contributed by atoms with Gasteiger partial charge in [0.15, 0.2) is 16.6 Å². The number of benzene rings is 2. The summed E-state index contributed by atoms with van der Waals surface area (Å²) in [6.45, 7) is 27.3. The lowest BCUT2D eigenvalue weighted by Crippen LogP contribution is -2.40. The van der Waals surface area contributed by atoms with Crippen molar-refractivity contribution in [1.82, 2.24) is 10.6 Å². The standard InChI is InChI=1S/C41H71N3O8Si2/c1-40(2,3)53(7,8)51-29-33-13-15-34(16-14-33)36-17-18-37(30-52-54(9,10)41(4,5)6)35(28-36)12-11-20-43-38(45)31-50-27-25-48-23-21-44-39(46)32-49-26-24-47-22-19-42/h13-18,28H,11-12,19-27,29-32,42H2,1-10H3,(H,43,45)(H,44,46). The van der Waals surface area contributed by atoms with Gasteiger partial charge in [-0.05, 0) is 76.9 Å². The number of carbonyl (C=O) groups is 2. The quantitative estimate of drug-likeness (QED) is 0.0712. The molecule has 2 aromatic carbocycles. The van der Waals surface area contributed by atoms with E-state index in [0.717, 1.165) is 24.0 Å². The van der Waals surface area contributed by atoms with Crippen LogP contribution in [0.3, 0.4) is 0 Å². The molecule has 2 rings (SSSR count). The van der Waals surface area contributed by atoms with Gasteiger partial charge in [0.05, 0.1) is 52.9 Å². The third kappa shape index (κ3) is 18.0. The number of hydrogen-bond donors (Lipinski definition) is 3. The van der Waals surface area contributed by atoms with Gasteiger partial charge < -0.3 is 44.2 Å². The third-order valence-corrected chi connectivity index (χ3v) is 19.2. The van der Waals surface area contributed by atoms with E-state index in [9.17, 15) is 9.59 Å². The maximum atomic E-state index is 12.4. The molecule has 13 heteroatoms. The molecule has 306 valence electrons. The fraction of sp³-hybridized carbons (Fsp3) is 0.659. The number of nitrogens with one attached hydrogen (secondary N) is 2. The third-order valence-electron chi connectivity index (χ3n) is 10.3. The first-order valence-electron chi connectivity index (χ1n) is 19.4. The summed E-state index contributed by atoms with van der Waals surface area (Å²) in [6.07, 6.45) is 1.59. The minimum atomic E-state index is -1.94. The van der Waals surface area contributed by atoms with Crippen LogP contribution >= 0.6 is 0 Å². The summed E-state index contributed by atoms with van der Waals surface area (Å²) in [4.78, 5) is 24.2. The maximum Gasteiger partial charge on any atom is 0.246 e. The lowest BCUT2D eigenvalue weighted by Gasteiger charge is -2.36. The van der Waals surface area contributed by atoms with Gasteiger partial charge in [-0.3, -0.25) is 9.59 Å². The molecule has 0 aromatic heterocycles.